The van der Waals surface area contributed by atoms with Gasteiger partial charge in [0.2, 0.25) is 0 Å². The molecule has 0 unspecified atom stereocenters. The van der Waals surface area contributed by atoms with Gasteiger partial charge in [-0.1, -0.05) is 24.3 Å². The molecule has 0 saturated heterocycles. The SMILES string of the molecule is Cc1ccccc1-c1nc(-c2ccncc2)nn1C. The molecule has 0 aliphatic carbocycles. The molecule has 4 nitrogen and oxygen atoms in total. The highest BCUT2D eigenvalue weighted by Crippen LogP contribution is 2.23. The minimum Gasteiger partial charge on any atom is -0.265 e. The molecular weight excluding hydrogens is 236 g/mol. The van der Waals surface area contributed by atoms with Crippen LogP contribution >= 0.6 is 0 Å². The van der Waals surface area contributed by atoms with E-state index in [-0.39, 0.29) is 0 Å². The summed E-state index contributed by atoms with van der Waals surface area (Å²) in [6.07, 6.45) is 3.50. The summed E-state index contributed by atoms with van der Waals surface area (Å²) < 4.78 is 1.82. The summed E-state index contributed by atoms with van der Waals surface area (Å²) >= 11 is 0. The highest BCUT2D eigenvalue weighted by molar-refractivity contribution is 5.63. The molecule has 0 N–H and O–H groups in total. The molecule has 1 aromatic carbocycles. The van der Waals surface area contributed by atoms with Crippen LogP contribution in [0.1, 0.15) is 5.56 Å². The maximum absolute atomic E-state index is 4.64. The van der Waals surface area contributed by atoms with Crippen LogP contribution in [0.2, 0.25) is 0 Å². The number of aromatic nitrogens is 4. The van der Waals surface area contributed by atoms with E-state index in [0.717, 1.165) is 22.8 Å². The van der Waals surface area contributed by atoms with Gasteiger partial charge in [0.1, 0.15) is 0 Å². The second kappa shape index (κ2) is 4.65. The average molecular weight is 250 g/mol. The predicted molar refractivity (Wildman–Crippen MR) is 74.4 cm³/mol. The number of nitrogens with zero attached hydrogens (tertiary/aromatic N) is 4. The molecule has 0 saturated carbocycles. The molecule has 4 heteroatoms. The molecule has 0 aliphatic rings. The Hall–Kier alpha value is -2.49. The number of aryl methyl sites for hydroxylation is 2. The quantitative estimate of drug-likeness (QED) is 0.702. The van der Waals surface area contributed by atoms with Gasteiger partial charge in [0.25, 0.3) is 0 Å². The number of rotatable bonds is 2. The van der Waals surface area contributed by atoms with Gasteiger partial charge in [0, 0.05) is 30.6 Å². The lowest BCUT2D eigenvalue weighted by Gasteiger charge is -2.03. The van der Waals surface area contributed by atoms with Gasteiger partial charge in [0.05, 0.1) is 0 Å². The zero-order valence-corrected chi connectivity index (χ0v) is 10.9. The lowest BCUT2D eigenvalue weighted by molar-refractivity contribution is 0.776. The predicted octanol–water partition coefficient (Wildman–Crippen LogP) is 2.85. The van der Waals surface area contributed by atoms with E-state index in [1.54, 1.807) is 12.4 Å². The minimum atomic E-state index is 0.725. The van der Waals surface area contributed by atoms with Gasteiger partial charge >= 0.3 is 0 Å². The Morgan fingerprint density at radius 3 is 2.47 bits per heavy atom. The normalized spacial score (nSPS) is 10.6. The molecule has 3 rings (SSSR count). The third-order valence-electron chi connectivity index (χ3n) is 3.09. The fraction of sp³-hybridized carbons (Fsp3) is 0.133. The molecule has 0 spiro atoms. The van der Waals surface area contributed by atoms with Crippen molar-refractivity contribution in [2.24, 2.45) is 7.05 Å². The van der Waals surface area contributed by atoms with Crippen LogP contribution in [0.15, 0.2) is 48.8 Å². The molecule has 0 fully saturated rings. The number of pyridine rings is 1. The summed E-state index contributed by atoms with van der Waals surface area (Å²) in [5, 5.41) is 4.48. The minimum absolute atomic E-state index is 0.725. The third kappa shape index (κ3) is 2.12. The first-order valence-electron chi connectivity index (χ1n) is 6.13. The summed E-state index contributed by atoms with van der Waals surface area (Å²) in [4.78, 5) is 8.65. The Morgan fingerprint density at radius 2 is 1.74 bits per heavy atom. The molecule has 0 amide bonds. The Kier molecular flexibility index (Phi) is 2.83. The second-order valence-corrected chi connectivity index (χ2v) is 4.43. The average Bonchev–Trinajstić information content (AvgIpc) is 2.82. The van der Waals surface area contributed by atoms with E-state index < -0.39 is 0 Å². The first kappa shape index (κ1) is 11.6. The first-order valence-corrected chi connectivity index (χ1v) is 6.13. The van der Waals surface area contributed by atoms with Gasteiger partial charge in [-0.05, 0) is 24.6 Å². The molecule has 0 bridgehead atoms. The Labute approximate surface area is 111 Å². The lowest BCUT2D eigenvalue weighted by Crippen LogP contribution is -1.95. The molecule has 0 aliphatic heterocycles. The van der Waals surface area contributed by atoms with Gasteiger partial charge < -0.3 is 0 Å². The van der Waals surface area contributed by atoms with Gasteiger partial charge in [-0.2, -0.15) is 5.10 Å². The number of benzene rings is 1. The van der Waals surface area contributed by atoms with Crippen molar-refractivity contribution >= 4 is 0 Å². The van der Waals surface area contributed by atoms with Gasteiger partial charge in [-0.15, -0.1) is 0 Å². The molecule has 3 aromatic rings. The largest absolute Gasteiger partial charge is 0.265 e. The van der Waals surface area contributed by atoms with Crippen molar-refractivity contribution in [2.45, 2.75) is 6.92 Å². The van der Waals surface area contributed by atoms with Gasteiger partial charge in [0.15, 0.2) is 11.6 Å². The van der Waals surface area contributed by atoms with Crippen LogP contribution in [-0.4, -0.2) is 19.7 Å². The highest BCUT2D eigenvalue weighted by atomic mass is 15.3. The van der Waals surface area contributed by atoms with Crippen LogP contribution in [0.5, 0.6) is 0 Å². The summed E-state index contributed by atoms with van der Waals surface area (Å²) in [6.45, 7) is 2.08. The van der Waals surface area contributed by atoms with Crippen LogP contribution in [-0.2, 0) is 7.05 Å². The van der Waals surface area contributed by atoms with Gasteiger partial charge in [-0.3, -0.25) is 4.98 Å². The zero-order chi connectivity index (χ0) is 13.2. The van der Waals surface area contributed by atoms with E-state index in [1.807, 2.05) is 36.0 Å². The first-order chi connectivity index (χ1) is 9.25. The standard InChI is InChI=1S/C15H14N4/c1-11-5-3-4-6-13(11)15-17-14(18-19(15)2)12-7-9-16-10-8-12/h3-10H,1-2H3. The Bertz CT molecular complexity index is 701. The molecule has 94 valence electrons. The summed E-state index contributed by atoms with van der Waals surface area (Å²) in [5.41, 5.74) is 3.28. The van der Waals surface area contributed by atoms with Crippen molar-refractivity contribution in [1.29, 1.82) is 0 Å². The summed E-state index contributed by atoms with van der Waals surface area (Å²) in [7, 11) is 1.92. The van der Waals surface area contributed by atoms with Gasteiger partial charge in [-0.25, -0.2) is 9.67 Å². The van der Waals surface area contributed by atoms with Crippen LogP contribution in [0.25, 0.3) is 22.8 Å². The molecule has 19 heavy (non-hydrogen) atoms. The maximum atomic E-state index is 4.64. The van der Waals surface area contributed by atoms with Crippen molar-refractivity contribution in [3.8, 4) is 22.8 Å². The second-order valence-electron chi connectivity index (χ2n) is 4.43. The number of hydrogen-bond acceptors (Lipinski definition) is 3. The third-order valence-corrected chi connectivity index (χ3v) is 3.09. The van der Waals surface area contributed by atoms with Crippen molar-refractivity contribution in [2.75, 3.05) is 0 Å². The maximum Gasteiger partial charge on any atom is 0.181 e. The fourth-order valence-electron chi connectivity index (χ4n) is 2.07. The summed E-state index contributed by atoms with van der Waals surface area (Å²) in [6, 6.07) is 12.0. The van der Waals surface area contributed by atoms with Crippen LogP contribution in [0.4, 0.5) is 0 Å². The lowest BCUT2D eigenvalue weighted by atomic mass is 10.1. The van der Waals surface area contributed by atoms with Crippen molar-refractivity contribution in [3.05, 3.63) is 54.4 Å². The fourth-order valence-corrected chi connectivity index (χ4v) is 2.07. The van der Waals surface area contributed by atoms with E-state index >= 15 is 0 Å². The van der Waals surface area contributed by atoms with Crippen LogP contribution < -0.4 is 0 Å². The van der Waals surface area contributed by atoms with Crippen molar-refractivity contribution in [3.63, 3.8) is 0 Å². The molecule has 2 aromatic heterocycles. The smallest absolute Gasteiger partial charge is 0.181 e. The van der Waals surface area contributed by atoms with E-state index in [2.05, 4.69) is 34.1 Å². The number of hydrogen-bond donors (Lipinski definition) is 0. The van der Waals surface area contributed by atoms with Crippen LogP contribution in [0.3, 0.4) is 0 Å². The molecular formula is C15H14N4. The Balaban J connectivity index is 2.11. The molecule has 0 radical (unpaired) electrons. The van der Waals surface area contributed by atoms with E-state index in [1.165, 1.54) is 5.56 Å². The summed E-state index contributed by atoms with van der Waals surface area (Å²) in [5.74, 6) is 1.60. The van der Waals surface area contributed by atoms with Crippen LogP contribution in [0, 0.1) is 6.92 Å². The van der Waals surface area contributed by atoms with E-state index in [4.69, 9.17) is 0 Å². The van der Waals surface area contributed by atoms with Crippen molar-refractivity contribution in [1.82, 2.24) is 19.7 Å². The molecule has 2 heterocycles. The van der Waals surface area contributed by atoms with E-state index in [9.17, 15) is 0 Å². The topological polar surface area (TPSA) is 43.6 Å². The highest BCUT2D eigenvalue weighted by Gasteiger charge is 2.12. The Morgan fingerprint density at radius 1 is 1.00 bits per heavy atom. The zero-order valence-electron chi connectivity index (χ0n) is 10.9. The molecule has 0 atom stereocenters. The van der Waals surface area contributed by atoms with Crippen molar-refractivity contribution < 1.29 is 0 Å². The van der Waals surface area contributed by atoms with E-state index in [0.29, 0.717) is 0 Å². The monoisotopic (exact) mass is 250 g/mol.